The van der Waals surface area contributed by atoms with Crippen LogP contribution in [-0.2, 0) is 4.08 Å². The van der Waals surface area contributed by atoms with E-state index >= 15 is 0 Å². The van der Waals surface area contributed by atoms with Gasteiger partial charge >= 0.3 is 0 Å². The Morgan fingerprint density at radius 3 is 2.11 bits per heavy atom. The highest BCUT2D eigenvalue weighted by Gasteiger charge is 2.30. The molecule has 0 spiro atoms. The first-order valence-electron chi connectivity index (χ1n) is 5.74. The van der Waals surface area contributed by atoms with Gasteiger partial charge in [-0.05, 0) is 33.3 Å². The molecular weight excluding hydrogens is 298 g/mol. The molecule has 0 amide bonds. The molecule has 1 aliphatic heterocycles. The van der Waals surface area contributed by atoms with E-state index in [0.717, 1.165) is 22.6 Å². The number of rotatable bonds is 0. The monoisotopic (exact) mass is 323 g/mol. The molecule has 0 aliphatic carbocycles. The molecule has 0 unspecified atom stereocenters. The average Bonchev–Trinajstić information content (AvgIpc) is 2.44. The predicted molar refractivity (Wildman–Crippen MR) is 93.8 cm³/mol. The molecule has 1 heterocycles. The molecule has 0 radical (unpaired) electrons. The number of thiol groups is 3. The van der Waals surface area contributed by atoms with Crippen LogP contribution in [0.2, 0.25) is 0 Å². The highest BCUT2D eigenvalue weighted by Crippen LogP contribution is 2.44. The minimum absolute atomic E-state index is 0.366. The lowest BCUT2D eigenvalue weighted by Crippen LogP contribution is -2.22. The van der Waals surface area contributed by atoms with Gasteiger partial charge in [0.25, 0.3) is 0 Å². The fourth-order valence-corrected chi connectivity index (χ4v) is 2.14. The van der Waals surface area contributed by atoms with Crippen molar-refractivity contribution in [1.82, 2.24) is 0 Å². The molecule has 0 atom stereocenters. The molecule has 19 heavy (non-hydrogen) atoms. The molecule has 7 heteroatoms. The van der Waals surface area contributed by atoms with Crippen molar-refractivity contribution in [3.63, 3.8) is 0 Å². The van der Waals surface area contributed by atoms with E-state index in [4.69, 9.17) is 4.74 Å². The molecule has 2 rings (SSSR count). The minimum Gasteiger partial charge on any atom is -0.493 e. The topological polar surface area (TPSA) is 87.3 Å². The summed E-state index contributed by atoms with van der Waals surface area (Å²) >= 11 is 13.2. The lowest BCUT2D eigenvalue weighted by molar-refractivity contribution is 0.280. The number of nitrogens with two attached hydrogens (primary N) is 3. The normalized spacial score (nSPS) is 13.9. The van der Waals surface area contributed by atoms with Crippen LogP contribution in [0.25, 0.3) is 0 Å². The Bertz CT molecular complexity index is 349. The van der Waals surface area contributed by atoms with E-state index in [-0.39, 0.29) is 4.08 Å². The van der Waals surface area contributed by atoms with Crippen molar-refractivity contribution < 1.29 is 4.74 Å². The number of hydrogen-bond donors (Lipinski definition) is 6. The molecule has 1 aromatic carbocycles. The van der Waals surface area contributed by atoms with Crippen molar-refractivity contribution in [3.8, 4) is 5.75 Å². The van der Waals surface area contributed by atoms with Crippen LogP contribution < -0.4 is 21.9 Å². The molecule has 4 nitrogen and oxygen atoms in total. The van der Waals surface area contributed by atoms with E-state index in [1.807, 2.05) is 18.2 Å². The predicted octanol–water partition coefficient (Wildman–Crippen LogP) is 1.49. The highest BCUT2D eigenvalue weighted by atomic mass is 32.2. The van der Waals surface area contributed by atoms with Gasteiger partial charge in [0.05, 0.1) is 10.7 Å². The van der Waals surface area contributed by atoms with Crippen molar-refractivity contribution in [2.24, 2.45) is 17.2 Å². The van der Waals surface area contributed by atoms with Gasteiger partial charge in [0.15, 0.2) is 0 Å². The first-order chi connectivity index (χ1) is 9.09. The zero-order valence-electron chi connectivity index (χ0n) is 11.6. The maximum absolute atomic E-state index is 5.49. The maximum atomic E-state index is 5.49. The molecule has 112 valence electrons. The van der Waals surface area contributed by atoms with Gasteiger partial charge in [-0.2, -0.15) is 25.3 Å². The van der Waals surface area contributed by atoms with Gasteiger partial charge in [-0.3, -0.25) is 0 Å². The lowest BCUT2D eigenvalue weighted by Gasteiger charge is -2.30. The molecule has 0 fully saturated rings. The maximum Gasteiger partial charge on any atom is 0.125 e. The lowest BCUT2D eigenvalue weighted by atomic mass is 10.1. The summed E-state index contributed by atoms with van der Waals surface area (Å²) in [5.74, 6) is 0.851. The number of benzene rings is 1. The third-order valence-corrected chi connectivity index (χ3v) is 3.31. The first-order valence-corrected chi connectivity index (χ1v) is 7.08. The van der Waals surface area contributed by atoms with E-state index < -0.39 is 0 Å². The number of fused-ring (bicyclic) bond motifs is 1. The Morgan fingerprint density at radius 1 is 1.05 bits per heavy atom. The van der Waals surface area contributed by atoms with Crippen molar-refractivity contribution in [2.75, 3.05) is 27.7 Å². The molecule has 0 aromatic heterocycles. The Balaban J connectivity index is 0. The molecule has 1 aromatic rings. The molecule has 0 saturated carbocycles. The second-order valence-corrected chi connectivity index (χ2v) is 5.49. The van der Waals surface area contributed by atoms with Crippen LogP contribution in [0.5, 0.6) is 5.75 Å². The standard InChI is InChI=1S/C9H10OS3.3CH5N/c11-6-1-2-7-8(5-6)10-4-3-9(7,12)13;3*1-2/h1-2,5,11-13H,3-4H2;3*2H2,1H3. The second-order valence-electron chi connectivity index (χ2n) is 3.10. The average molecular weight is 324 g/mol. The number of ether oxygens (including phenoxy) is 1. The highest BCUT2D eigenvalue weighted by molar-refractivity contribution is 7.99. The summed E-state index contributed by atoms with van der Waals surface area (Å²) in [6.07, 6.45) is 0.818. The van der Waals surface area contributed by atoms with Crippen LogP contribution in [-0.4, -0.2) is 27.7 Å². The van der Waals surface area contributed by atoms with Gasteiger partial charge in [0.2, 0.25) is 0 Å². The van der Waals surface area contributed by atoms with Gasteiger partial charge in [-0.15, -0.1) is 12.6 Å². The van der Waals surface area contributed by atoms with Gasteiger partial charge in [-0.25, -0.2) is 0 Å². The van der Waals surface area contributed by atoms with E-state index in [9.17, 15) is 0 Å². The molecule has 0 bridgehead atoms. The van der Waals surface area contributed by atoms with Crippen LogP contribution in [0, 0.1) is 0 Å². The van der Waals surface area contributed by atoms with Crippen molar-refractivity contribution in [1.29, 1.82) is 0 Å². The van der Waals surface area contributed by atoms with Crippen LogP contribution in [0.15, 0.2) is 23.1 Å². The first kappa shape index (κ1) is 21.3. The van der Waals surface area contributed by atoms with Gasteiger partial charge in [-0.1, -0.05) is 6.07 Å². The summed E-state index contributed by atoms with van der Waals surface area (Å²) in [6, 6.07) is 5.80. The van der Waals surface area contributed by atoms with E-state index in [1.54, 1.807) is 0 Å². The van der Waals surface area contributed by atoms with Crippen molar-refractivity contribution in [2.45, 2.75) is 15.4 Å². The zero-order chi connectivity index (χ0) is 15.5. The summed E-state index contributed by atoms with van der Waals surface area (Å²) in [7, 11) is 4.50. The largest absolute Gasteiger partial charge is 0.493 e. The molecule has 0 saturated heterocycles. The van der Waals surface area contributed by atoms with Crippen molar-refractivity contribution >= 4 is 37.9 Å². The Labute approximate surface area is 132 Å². The van der Waals surface area contributed by atoms with Gasteiger partial charge in [0.1, 0.15) is 5.75 Å². The van der Waals surface area contributed by atoms with Crippen LogP contribution in [0.1, 0.15) is 12.0 Å². The van der Waals surface area contributed by atoms with Crippen molar-refractivity contribution in [3.05, 3.63) is 23.8 Å². The molecule has 6 N–H and O–H groups in total. The van der Waals surface area contributed by atoms with Gasteiger partial charge < -0.3 is 21.9 Å². The summed E-state index contributed by atoms with van der Waals surface area (Å²) in [5.41, 5.74) is 14.5. The van der Waals surface area contributed by atoms with Crippen LogP contribution in [0.3, 0.4) is 0 Å². The Hall–Kier alpha value is -0.0500. The zero-order valence-corrected chi connectivity index (χ0v) is 14.3. The van der Waals surface area contributed by atoms with E-state index in [0.29, 0.717) is 6.61 Å². The summed E-state index contributed by atoms with van der Waals surface area (Å²) < 4.78 is 5.13. The molecule has 1 aliphatic rings. The van der Waals surface area contributed by atoms with E-state index in [2.05, 4.69) is 55.1 Å². The summed E-state index contributed by atoms with van der Waals surface area (Å²) in [6.45, 7) is 0.664. The minimum atomic E-state index is -0.366. The van der Waals surface area contributed by atoms with Gasteiger partial charge in [0, 0.05) is 16.9 Å². The fourth-order valence-electron chi connectivity index (χ4n) is 1.40. The molecular formula is C12H25N3OS3. The van der Waals surface area contributed by atoms with E-state index in [1.165, 1.54) is 21.1 Å². The summed E-state index contributed by atoms with van der Waals surface area (Å²) in [4.78, 5) is 0.901. The SMILES string of the molecule is CN.CN.CN.Sc1ccc2c(c1)OCCC2(S)S. The number of hydrogen-bond acceptors (Lipinski definition) is 7. The fraction of sp³-hybridized carbons (Fsp3) is 0.500. The third-order valence-electron chi connectivity index (χ3n) is 2.10. The Morgan fingerprint density at radius 2 is 1.58 bits per heavy atom. The van der Waals surface area contributed by atoms with Crippen LogP contribution >= 0.6 is 37.9 Å². The smallest absolute Gasteiger partial charge is 0.125 e. The quantitative estimate of drug-likeness (QED) is 0.323. The summed E-state index contributed by atoms with van der Waals surface area (Å²) in [5, 5.41) is 0. The van der Waals surface area contributed by atoms with Crippen LogP contribution in [0.4, 0.5) is 0 Å². The second kappa shape index (κ2) is 11.7. The Kier molecular flexibility index (Phi) is 13.1. The third kappa shape index (κ3) is 6.78.